The van der Waals surface area contributed by atoms with Crippen LogP contribution in [0.1, 0.15) is 32.0 Å². The zero-order chi connectivity index (χ0) is 11.8. The van der Waals surface area contributed by atoms with Gasteiger partial charge in [0.2, 0.25) is 0 Å². The van der Waals surface area contributed by atoms with E-state index in [4.69, 9.17) is 5.11 Å². The second kappa shape index (κ2) is 7.29. The van der Waals surface area contributed by atoms with Gasteiger partial charge in [-0.25, -0.2) is 0 Å². The minimum Gasteiger partial charge on any atom is -0.396 e. The van der Waals surface area contributed by atoms with Crippen LogP contribution in [0.3, 0.4) is 0 Å². The van der Waals surface area contributed by atoms with Gasteiger partial charge in [-0.05, 0) is 30.5 Å². The van der Waals surface area contributed by atoms with Crippen molar-refractivity contribution < 1.29 is 5.11 Å². The molecule has 1 atom stereocenters. The van der Waals surface area contributed by atoms with E-state index in [0.717, 1.165) is 25.8 Å². The average Bonchev–Trinajstić information content (AvgIpc) is 2.65. The summed E-state index contributed by atoms with van der Waals surface area (Å²) in [5.74, 6) is 1.24. The predicted octanol–water partition coefficient (Wildman–Crippen LogP) is 0.0984. The Hall–Kier alpha value is -1.01. The number of aromatic nitrogens is 4. The van der Waals surface area contributed by atoms with Gasteiger partial charge in [0.05, 0.1) is 13.6 Å². The summed E-state index contributed by atoms with van der Waals surface area (Å²) in [5.41, 5.74) is 0. The van der Waals surface area contributed by atoms with Crippen LogP contribution in [0.4, 0.5) is 0 Å². The highest BCUT2D eigenvalue weighted by Gasteiger charge is 2.07. The fourth-order valence-corrected chi connectivity index (χ4v) is 1.72. The summed E-state index contributed by atoms with van der Waals surface area (Å²) in [7, 11) is 1.75. The smallest absolute Gasteiger partial charge is 0.188 e. The highest BCUT2D eigenvalue weighted by atomic mass is 16.3. The molecule has 0 aliphatic heterocycles. The summed E-state index contributed by atoms with van der Waals surface area (Å²) < 4.78 is 0. The van der Waals surface area contributed by atoms with Crippen LogP contribution in [0, 0.1) is 5.92 Å². The molecule has 6 heteroatoms. The predicted molar refractivity (Wildman–Crippen MR) is 60.6 cm³/mol. The van der Waals surface area contributed by atoms with Crippen molar-refractivity contribution in [3.05, 3.63) is 5.82 Å². The normalized spacial score (nSPS) is 12.9. The Morgan fingerprint density at radius 3 is 2.81 bits per heavy atom. The van der Waals surface area contributed by atoms with E-state index in [1.165, 1.54) is 4.80 Å². The van der Waals surface area contributed by atoms with Crippen molar-refractivity contribution in [1.82, 2.24) is 25.5 Å². The van der Waals surface area contributed by atoms with Crippen LogP contribution in [-0.2, 0) is 13.6 Å². The fourth-order valence-electron chi connectivity index (χ4n) is 1.72. The molecule has 0 amide bonds. The Kier molecular flexibility index (Phi) is 5.95. The van der Waals surface area contributed by atoms with Crippen LogP contribution in [0.15, 0.2) is 0 Å². The van der Waals surface area contributed by atoms with E-state index >= 15 is 0 Å². The molecule has 0 aliphatic carbocycles. The molecule has 1 unspecified atom stereocenters. The molecule has 1 rings (SSSR count). The van der Waals surface area contributed by atoms with E-state index < -0.39 is 0 Å². The number of aliphatic hydroxyl groups is 1. The largest absolute Gasteiger partial charge is 0.396 e. The molecule has 0 fully saturated rings. The van der Waals surface area contributed by atoms with Gasteiger partial charge >= 0.3 is 0 Å². The minimum atomic E-state index is 0.260. The Morgan fingerprint density at radius 1 is 1.44 bits per heavy atom. The lowest BCUT2D eigenvalue weighted by atomic mass is 10.0. The molecule has 0 bridgehead atoms. The van der Waals surface area contributed by atoms with Crippen molar-refractivity contribution in [1.29, 1.82) is 0 Å². The second-order valence-corrected chi connectivity index (χ2v) is 3.99. The first-order valence-electron chi connectivity index (χ1n) is 5.80. The number of nitrogens with one attached hydrogen (secondary N) is 1. The maximum atomic E-state index is 8.92. The fraction of sp³-hybridized carbons (Fsp3) is 0.900. The maximum Gasteiger partial charge on any atom is 0.188 e. The summed E-state index contributed by atoms with van der Waals surface area (Å²) in [4.78, 5) is 1.45. The van der Waals surface area contributed by atoms with E-state index in [0.29, 0.717) is 18.3 Å². The molecule has 0 saturated carbocycles. The number of nitrogens with zero attached hydrogens (tertiary/aromatic N) is 4. The quantitative estimate of drug-likeness (QED) is 0.658. The molecular weight excluding hydrogens is 206 g/mol. The van der Waals surface area contributed by atoms with E-state index in [9.17, 15) is 0 Å². The highest BCUT2D eigenvalue weighted by molar-refractivity contribution is 4.75. The zero-order valence-electron chi connectivity index (χ0n) is 10.1. The average molecular weight is 227 g/mol. The Balaban J connectivity index is 2.21. The molecule has 2 N–H and O–H groups in total. The van der Waals surface area contributed by atoms with E-state index in [-0.39, 0.29) is 6.61 Å². The van der Waals surface area contributed by atoms with Gasteiger partial charge in [-0.15, -0.1) is 10.2 Å². The summed E-state index contributed by atoms with van der Waals surface area (Å²) in [6, 6.07) is 0. The Labute approximate surface area is 96.0 Å². The second-order valence-electron chi connectivity index (χ2n) is 3.99. The molecule has 0 saturated heterocycles. The summed E-state index contributed by atoms with van der Waals surface area (Å²) in [6.07, 6.45) is 3.14. The molecule has 1 aromatic heterocycles. The number of tetrazole rings is 1. The molecular formula is C10H21N5O. The zero-order valence-corrected chi connectivity index (χ0v) is 10.1. The SMILES string of the molecule is CCCC(CCO)CNCc1nnn(C)n1. The molecule has 1 heterocycles. The third-order valence-electron chi connectivity index (χ3n) is 2.50. The van der Waals surface area contributed by atoms with E-state index in [2.05, 4.69) is 27.7 Å². The maximum absolute atomic E-state index is 8.92. The van der Waals surface area contributed by atoms with Crippen LogP contribution in [0.25, 0.3) is 0 Å². The number of hydrogen-bond donors (Lipinski definition) is 2. The Morgan fingerprint density at radius 2 is 2.25 bits per heavy atom. The first-order valence-corrected chi connectivity index (χ1v) is 5.80. The van der Waals surface area contributed by atoms with Gasteiger partial charge in [0.25, 0.3) is 0 Å². The van der Waals surface area contributed by atoms with Crippen LogP contribution in [0.2, 0.25) is 0 Å². The van der Waals surface area contributed by atoms with Crippen molar-refractivity contribution >= 4 is 0 Å². The van der Waals surface area contributed by atoms with Crippen LogP contribution in [-0.4, -0.2) is 38.5 Å². The summed E-state index contributed by atoms with van der Waals surface area (Å²) in [6.45, 7) is 3.95. The van der Waals surface area contributed by atoms with Gasteiger partial charge in [-0.2, -0.15) is 4.80 Å². The lowest BCUT2D eigenvalue weighted by Gasteiger charge is -2.14. The van der Waals surface area contributed by atoms with Crippen LogP contribution in [0.5, 0.6) is 0 Å². The van der Waals surface area contributed by atoms with Gasteiger partial charge in [-0.1, -0.05) is 13.3 Å². The molecule has 1 aromatic rings. The number of hydrogen-bond acceptors (Lipinski definition) is 5. The molecule has 0 aliphatic rings. The molecule has 0 aromatic carbocycles. The van der Waals surface area contributed by atoms with Crippen molar-refractivity contribution in [2.75, 3.05) is 13.2 Å². The Bertz CT molecular complexity index is 282. The molecule has 0 spiro atoms. The summed E-state index contributed by atoms with van der Waals surface area (Å²) >= 11 is 0. The van der Waals surface area contributed by atoms with Gasteiger partial charge in [0, 0.05) is 6.61 Å². The molecule has 6 nitrogen and oxygen atoms in total. The number of aliphatic hydroxyl groups excluding tert-OH is 1. The summed E-state index contributed by atoms with van der Waals surface area (Å²) in [5, 5.41) is 24.0. The molecule has 92 valence electrons. The lowest BCUT2D eigenvalue weighted by molar-refractivity contribution is 0.247. The van der Waals surface area contributed by atoms with Gasteiger partial charge in [0.1, 0.15) is 0 Å². The van der Waals surface area contributed by atoms with Crippen molar-refractivity contribution in [3.63, 3.8) is 0 Å². The van der Waals surface area contributed by atoms with Crippen molar-refractivity contribution in [3.8, 4) is 0 Å². The topological polar surface area (TPSA) is 75.9 Å². The van der Waals surface area contributed by atoms with Crippen LogP contribution < -0.4 is 5.32 Å². The van der Waals surface area contributed by atoms with E-state index in [1.54, 1.807) is 7.05 Å². The third kappa shape index (κ3) is 4.67. The van der Waals surface area contributed by atoms with Gasteiger partial charge < -0.3 is 10.4 Å². The van der Waals surface area contributed by atoms with Crippen molar-refractivity contribution in [2.45, 2.75) is 32.7 Å². The van der Waals surface area contributed by atoms with E-state index in [1.807, 2.05) is 0 Å². The van der Waals surface area contributed by atoms with Crippen molar-refractivity contribution in [2.24, 2.45) is 13.0 Å². The molecule has 0 radical (unpaired) electrons. The lowest BCUT2D eigenvalue weighted by Crippen LogP contribution is -2.23. The first kappa shape index (κ1) is 13.1. The monoisotopic (exact) mass is 227 g/mol. The van der Waals surface area contributed by atoms with Gasteiger partial charge in [0.15, 0.2) is 5.82 Å². The highest BCUT2D eigenvalue weighted by Crippen LogP contribution is 2.09. The third-order valence-corrected chi connectivity index (χ3v) is 2.50. The number of aryl methyl sites for hydroxylation is 1. The van der Waals surface area contributed by atoms with Gasteiger partial charge in [-0.3, -0.25) is 0 Å². The van der Waals surface area contributed by atoms with Crippen LogP contribution >= 0.6 is 0 Å². The number of rotatable bonds is 8. The molecule has 16 heavy (non-hydrogen) atoms. The first-order chi connectivity index (χ1) is 7.76. The standard InChI is InChI=1S/C10H21N5O/c1-3-4-9(5-6-16)7-11-8-10-12-14-15(2)13-10/h9,11,16H,3-8H2,1-2H3. The minimum absolute atomic E-state index is 0.260.